The largest absolute Gasteiger partial charge is 0.416 e. The van der Waals surface area contributed by atoms with Crippen LogP contribution in [0.2, 0.25) is 0 Å². The summed E-state index contributed by atoms with van der Waals surface area (Å²) in [6.07, 6.45) is 2.00. The Bertz CT molecular complexity index is 1990. The number of halogens is 3. The number of hydrazine groups is 1. The van der Waals surface area contributed by atoms with Gasteiger partial charge in [0.1, 0.15) is 18.0 Å². The third kappa shape index (κ3) is 6.59. The fraction of sp³-hybridized carbons (Fsp3) is 0.343. The Labute approximate surface area is 281 Å². The van der Waals surface area contributed by atoms with Gasteiger partial charge in [-0.2, -0.15) is 18.4 Å². The lowest BCUT2D eigenvalue weighted by Gasteiger charge is -2.27. The van der Waals surface area contributed by atoms with Crippen molar-refractivity contribution in [2.24, 2.45) is 7.05 Å². The second-order valence-electron chi connectivity index (χ2n) is 12.7. The first-order valence-electron chi connectivity index (χ1n) is 16.2. The first kappa shape index (κ1) is 32.3. The second-order valence-corrected chi connectivity index (χ2v) is 12.7. The van der Waals surface area contributed by atoms with E-state index in [1.165, 1.54) is 11.0 Å². The maximum atomic E-state index is 14.5. The van der Waals surface area contributed by atoms with Gasteiger partial charge in [0.15, 0.2) is 5.82 Å². The quantitative estimate of drug-likeness (QED) is 0.257. The summed E-state index contributed by atoms with van der Waals surface area (Å²) in [5.74, 6) is 0.623. The maximum Gasteiger partial charge on any atom is 0.416 e. The summed E-state index contributed by atoms with van der Waals surface area (Å²) in [5.41, 5.74) is 6.31. The Morgan fingerprint density at radius 2 is 1.84 bits per heavy atom. The van der Waals surface area contributed by atoms with Gasteiger partial charge in [-0.3, -0.25) is 14.6 Å². The van der Waals surface area contributed by atoms with E-state index >= 15 is 0 Å². The molecule has 1 fully saturated rings. The van der Waals surface area contributed by atoms with Gasteiger partial charge in [-0.05, 0) is 90.2 Å². The molecule has 252 valence electrons. The van der Waals surface area contributed by atoms with Crippen molar-refractivity contribution >= 4 is 17.5 Å². The number of piperidine rings is 1. The topological polar surface area (TPSA) is 118 Å². The van der Waals surface area contributed by atoms with E-state index in [0.717, 1.165) is 37.9 Å². The van der Waals surface area contributed by atoms with E-state index in [-0.39, 0.29) is 23.5 Å². The molecular formula is C35H35F3N10O. The number of aryl methyl sites for hydroxylation is 1. The fourth-order valence-corrected chi connectivity index (χ4v) is 6.75. The van der Waals surface area contributed by atoms with Gasteiger partial charge in [-0.25, -0.2) is 10.4 Å². The summed E-state index contributed by atoms with van der Waals surface area (Å²) in [6.45, 7) is 2.81. The third-order valence-electron chi connectivity index (χ3n) is 9.19. The van der Waals surface area contributed by atoms with E-state index in [9.17, 15) is 23.2 Å². The van der Waals surface area contributed by atoms with Crippen molar-refractivity contribution in [1.29, 1.82) is 5.26 Å². The number of rotatable bonds is 8. The van der Waals surface area contributed by atoms with Crippen molar-refractivity contribution in [2.75, 3.05) is 43.4 Å². The first-order chi connectivity index (χ1) is 23.6. The second kappa shape index (κ2) is 13.0. The number of amides is 1. The van der Waals surface area contributed by atoms with Crippen molar-refractivity contribution in [3.8, 4) is 28.6 Å². The van der Waals surface area contributed by atoms with Crippen LogP contribution in [0.3, 0.4) is 0 Å². The molecule has 0 spiro atoms. The van der Waals surface area contributed by atoms with Gasteiger partial charge in [0.05, 0.1) is 23.7 Å². The Hall–Kier alpha value is -5.26. The van der Waals surface area contributed by atoms with Crippen molar-refractivity contribution in [3.05, 3.63) is 88.4 Å². The Morgan fingerprint density at radius 3 is 2.53 bits per heavy atom. The summed E-state index contributed by atoms with van der Waals surface area (Å²) in [7, 11) is 3.69. The van der Waals surface area contributed by atoms with Crippen LogP contribution < -0.4 is 15.6 Å². The highest BCUT2D eigenvalue weighted by Gasteiger charge is 2.41. The molecule has 5 heterocycles. The SMILES string of the molecule is CN1C=C(CNc2cc(-c3ccc(C#N)cc3-c3nncn3C)cc(N3Cc4c(cc(CN5CCCCC5)cc4C(F)(F)F)C3=O)n2)CN1. The smallest absolute Gasteiger partial charge is 0.366 e. The summed E-state index contributed by atoms with van der Waals surface area (Å²) in [4.78, 5) is 22.3. The predicted octanol–water partition coefficient (Wildman–Crippen LogP) is 5.33. The zero-order chi connectivity index (χ0) is 34.3. The summed E-state index contributed by atoms with van der Waals surface area (Å²) in [5, 5.41) is 23.1. The van der Waals surface area contributed by atoms with Gasteiger partial charge in [0.25, 0.3) is 5.91 Å². The molecule has 1 amide bonds. The molecule has 2 aromatic heterocycles. The highest BCUT2D eigenvalue weighted by atomic mass is 19.4. The molecule has 0 radical (unpaired) electrons. The minimum atomic E-state index is -4.63. The Balaban J connectivity index is 1.31. The van der Waals surface area contributed by atoms with Crippen LogP contribution in [0.25, 0.3) is 22.5 Å². The van der Waals surface area contributed by atoms with Crippen LogP contribution in [0.4, 0.5) is 24.8 Å². The Kier molecular flexibility index (Phi) is 8.56. The number of hydrogen-bond donors (Lipinski definition) is 2. The van der Waals surface area contributed by atoms with Gasteiger partial charge in [-0.1, -0.05) is 12.5 Å². The van der Waals surface area contributed by atoms with Crippen LogP contribution in [0.5, 0.6) is 0 Å². The molecule has 1 saturated heterocycles. The molecule has 3 aliphatic heterocycles. The number of alkyl halides is 3. The average Bonchev–Trinajstić information content (AvgIpc) is 3.81. The molecule has 7 rings (SSSR count). The molecule has 0 aliphatic carbocycles. The number of nitrogens with zero attached hydrogens (tertiary/aromatic N) is 8. The molecule has 0 unspecified atom stereocenters. The maximum absolute atomic E-state index is 14.5. The monoisotopic (exact) mass is 668 g/mol. The number of benzene rings is 2. The highest BCUT2D eigenvalue weighted by molar-refractivity contribution is 6.10. The molecule has 0 bridgehead atoms. The highest BCUT2D eigenvalue weighted by Crippen LogP contribution is 2.41. The zero-order valence-corrected chi connectivity index (χ0v) is 27.2. The van der Waals surface area contributed by atoms with Crippen molar-refractivity contribution in [1.82, 2.24) is 35.1 Å². The molecular weight excluding hydrogens is 633 g/mol. The number of carbonyl (C=O) groups is 1. The zero-order valence-electron chi connectivity index (χ0n) is 27.2. The average molecular weight is 669 g/mol. The van der Waals surface area contributed by atoms with Crippen LogP contribution in [-0.4, -0.2) is 68.8 Å². The Morgan fingerprint density at radius 1 is 1.02 bits per heavy atom. The van der Waals surface area contributed by atoms with E-state index < -0.39 is 17.6 Å². The summed E-state index contributed by atoms with van der Waals surface area (Å²) < 4.78 is 45.3. The summed E-state index contributed by atoms with van der Waals surface area (Å²) >= 11 is 0. The van der Waals surface area contributed by atoms with Crippen LogP contribution in [0.15, 0.2) is 60.6 Å². The standard InChI is InChI=1S/C35H35F3N10O/c1-45-21-41-44-33(45)27-10-22(15-39)6-7-26(27)25-13-31(40-16-24-17-42-46(2)18-24)43-32(14-25)48-20-29-28(34(48)49)11-23(12-30(29)35(36,37)38)19-47-8-4-3-5-9-47/h6-7,10-14,18,21,42H,3-5,8-9,16-17,19-20H2,1-2H3,(H,40,43). The fourth-order valence-electron chi connectivity index (χ4n) is 6.75. The summed E-state index contributed by atoms with van der Waals surface area (Å²) in [6, 6.07) is 13.7. The van der Waals surface area contributed by atoms with Gasteiger partial charge >= 0.3 is 6.18 Å². The van der Waals surface area contributed by atoms with E-state index in [4.69, 9.17) is 4.98 Å². The number of nitriles is 1. The number of anilines is 2. The minimum Gasteiger partial charge on any atom is -0.366 e. The predicted molar refractivity (Wildman–Crippen MR) is 178 cm³/mol. The van der Waals surface area contributed by atoms with E-state index in [2.05, 4.69) is 31.9 Å². The molecule has 11 nitrogen and oxygen atoms in total. The first-order valence-corrected chi connectivity index (χ1v) is 16.2. The number of nitrogens with one attached hydrogen (secondary N) is 2. The number of fused-ring (bicyclic) bond motifs is 1. The molecule has 14 heteroatoms. The van der Waals surface area contributed by atoms with Crippen LogP contribution in [-0.2, 0) is 26.3 Å². The normalized spacial score (nSPS) is 16.6. The third-order valence-corrected chi connectivity index (χ3v) is 9.19. The molecule has 4 aromatic rings. The van der Waals surface area contributed by atoms with Gasteiger partial charge in [-0.15, -0.1) is 10.2 Å². The lowest BCUT2D eigenvalue weighted by atomic mass is 9.97. The van der Waals surface area contributed by atoms with Crippen LogP contribution in [0, 0.1) is 11.3 Å². The molecule has 0 atom stereocenters. The molecule has 2 aromatic carbocycles. The lowest BCUT2D eigenvalue weighted by Crippen LogP contribution is -2.29. The minimum absolute atomic E-state index is 0.0481. The van der Waals surface area contributed by atoms with Gasteiger partial charge in [0.2, 0.25) is 0 Å². The van der Waals surface area contributed by atoms with Gasteiger partial charge in [0, 0.05) is 51.1 Å². The number of likely N-dealkylation sites (tertiary alicyclic amines) is 1. The van der Waals surface area contributed by atoms with E-state index in [1.807, 2.05) is 24.3 Å². The molecule has 3 aliphatic rings. The molecule has 2 N–H and O–H groups in total. The number of carbonyl (C=O) groups excluding carboxylic acids is 1. The van der Waals surface area contributed by atoms with Crippen LogP contribution >= 0.6 is 0 Å². The van der Waals surface area contributed by atoms with Gasteiger partial charge < -0.3 is 14.9 Å². The molecule has 49 heavy (non-hydrogen) atoms. The van der Waals surface area contributed by atoms with Crippen molar-refractivity contribution in [3.63, 3.8) is 0 Å². The van der Waals surface area contributed by atoms with Crippen LogP contribution in [0.1, 0.15) is 51.9 Å². The van der Waals surface area contributed by atoms with E-state index in [0.29, 0.717) is 59.1 Å². The van der Waals surface area contributed by atoms with Crippen molar-refractivity contribution in [2.45, 2.75) is 38.5 Å². The molecule has 0 saturated carbocycles. The number of hydrogen-bond acceptors (Lipinski definition) is 9. The van der Waals surface area contributed by atoms with E-state index in [1.54, 1.807) is 48.3 Å². The number of pyridine rings is 1. The number of aromatic nitrogens is 4. The lowest BCUT2D eigenvalue weighted by molar-refractivity contribution is -0.138. The van der Waals surface area contributed by atoms with Crippen molar-refractivity contribution < 1.29 is 18.0 Å².